The number of nitrogens with one attached hydrogen (secondary N) is 1. The summed E-state index contributed by atoms with van der Waals surface area (Å²) in [5.41, 5.74) is 0.784. The molecule has 1 fully saturated rings. The third-order valence-corrected chi connectivity index (χ3v) is 5.88. The zero-order chi connectivity index (χ0) is 17.6. The lowest BCUT2D eigenvalue weighted by Crippen LogP contribution is -2.36. The van der Waals surface area contributed by atoms with Crippen LogP contribution >= 0.6 is 11.3 Å². The van der Waals surface area contributed by atoms with Crippen molar-refractivity contribution in [2.45, 2.75) is 13.3 Å². The van der Waals surface area contributed by atoms with Gasteiger partial charge in [-0.1, -0.05) is 23.5 Å². The molecule has 2 aliphatic carbocycles. The molecule has 1 aromatic heterocycles. The summed E-state index contributed by atoms with van der Waals surface area (Å²) in [6, 6.07) is 5.59. The molecule has 2 bridgehead atoms. The number of nitrogens with zero attached hydrogens (tertiary/aromatic N) is 1. The lowest BCUT2D eigenvalue weighted by molar-refractivity contribution is -0.146. The molecule has 1 saturated carbocycles. The normalized spacial score (nSPS) is 26.9. The molecule has 2 unspecified atom stereocenters. The first-order valence-electron chi connectivity index (χ1n) is 8.32. The minimum absolute atomic E-state index is 0.00466. The number of hydrogen-bond donors (Lipinski definition) is 2. The van der Waals surface area contributed by atoms with Gasteiger partial charge in [-0.05, 0) is 43.4 Å². The van der Waals surface area contributed by atoms with Crippen LogP contribution in [-0.4, -0.2) is 28.6 Å². The van der Waals surface area contributed by atoms with Crippen LogP contribution in [0.5, 0.6) is 5.75 Å². The zero-order valence-corrected chi connectivity index (χ0v) is 14.5. The van der Waals surface area contributed by atoms with Crippen molar-refractivity contribution in [1.29, 1.82) is 0 Å². The van der Waals surface area contributed by atoms with Crippen molar-refractivity contribution in [3.63, 3.8) is 0 Å². The fraction of sp³-hybridized carbons (Fsp3) is 0.389. The number of anilines is 1. The topological polar surface area (TPSA) is 88.5 Å². The van der Waals surface area contributed by atoms with E-state index in [0.29, 0.717) is 11.7 Å². The molecule has 25 heavy (non-hydrogen) atoms. The largest absolute Gasteiger partial charge is 0.494 e. The van der Waals surface area contributed by atoms with Gasteiger partial charge in [0.2, 0.25) is 5.91 Å². The van der Waals surface area contributed by atoms with Gasteiger partial charge in [0.05, 0.1) is 28.7 Å². The van der Waals surface area contributed by atoms with Gasteiger partial charge >= 0.3 is 5.97 Å². The number of allylic oxidation sites excluding steroid dienone is 2. The van der Waals surface area contributed by atoms with Gasteiger partial charge in [0.1, 0.15) is 5.75 Å². The molecule has 130 valence electrons. The van der Waals surface area contributed by atoms with E-state index in [1.54, 1.807) is 0 Å². The number of carboxylic acids is 1. The Morgan fingerprint density at radius 1 is 1.32 bits per heavy atom. The second kappa shape index (κ2) is 6.15. The molecule has 1 aromatic carbocycles. The van der Waals surface area contributed by atoms with Gasteiger partial charge in [0, 0.05) is 0 Å². The highest BCUT2D eigenvalue weighted by Crippen LogP contribution is 2.48. The maximum absolute atomic E-state index is 12.7. The smallest absolute Gasteiger partial charge is 0.307 e. The van der Waals surface area contributed by atoms with Crippen LogP contribution in [0.15, 0.2) is 30.4 Å². The van der Waals surface area contributed by atoms with Gasteiger partial charge in [-0.3, -0.25) is 9.59 Å². The Hall–Kier alpha value is -2.41. The van der Waals surface area contributed by atoms with Crippen LogP contribution in [0, 0.1) is 23.7 Å². The van der Waals surface area contributed by atoms with Crippen LogP contribution in [0.4, 0.5) is 5.13 Å². The van der Waals surface area contributed by atoms with E-state index in [0.717, 1.165) is 22.4 Å². The van der Waals surface area contributed by atoms with Crippen LogP contribution < -0.4 is 10.1 Å². The summed E-state index contributed by atoms with van der Waals surface area (Å²) in [5.74, 6) is -1.60. The molecule has 6 nitrogen and oxygen atoms in total. The monoisotopic (exact) mass is 358 g/mol. The van der Waals surface area contributed by atoms with E-state index in [4.69, 9.17) is 4.74 Å². The predicted octanol–water partition coefficient (Wildman–Crippen LogP) is 3.16. The molecule has 4 rings (SSSR count). The van der Waals surface area contributed by atoms with E-state index in [-0.39, 0.29) is 17.7 Å². The van der Waals surface area contributed by atoms with Gasteiger partial charge in [0.15, 0.2) is 5.13 Å². The van der Waals surface area contributed by atoms with Crippen molar-refractivity contribution in [2.75, 3.05) is 11.9 Å². The Morgan fingerprint density at radius 2 is 2.08 bits per heavy atom. The van der Waals surface area contributed by atoms with Gasteiger partial charge in [-0.15, -0.1) is 0 Å². The van der Waals surface area contributed by atoms with E-state index in [2.05, 4.69) is 10.3 Å². The number of thiazole rings is 1. The maximum Gasteiger partial charge on any atom is 0.307 e. The lowest BCUT2D eigenvalue weighted by Gasteiger charge is -2.23. The number of benzene rings is 1. The molecule has 7 heteroatoms. The molecule has 2 N–H and O–H groups in total. The van der Waals surface area contributed by atoms with Crippen molar-refractivity contribution >= 4 is 38.6 Å². The fourth-order valence-electron chi connectivity index (χ4n) is 3.92. The number of amides is 1. The van der Waals surface area contributed by atoms with E-state index in [1.165, 1.54) is 11.3 Å². The summed E-state index contributed by atoms with van der Waals surface area (Å²) in [7, 11) is 0. The second-order valence-electron chi connectivity index (χ2n) is 6.41. The average Bonchev–Trinajstić information content (AvgIpc) is 3.27. The summed E-state index contributed by atoms with van der Waals surface area (Å²) in [6.45, 7) is 2.51. The molecule has 1 amide bonds. The zero-order valence-electron chi connectivity index (χ0n) is 13.6. The number of fused-ring (bicyclic) bond motifs is 3. The second-order valence-corrected chi connectivity index (χ2v) is 7.44. The maximum atomic E-state index is 12.7. The number of carbonyl (C=O) groups excluding carboxylic acids is 1. The lowest BCUT2D eigenvalue weighted by atomic mass is 9.82. The highest BCUT2D eigenvalue weighted by Gasteiger charge is 2.51. The Balaban J connectivity index is 1.55. The number of carbonyl (C=O) groups is 2. The summed E-state index contributed by atoms with van der Waals surface area (Å²) in [4.78, 5) is 28.7. The van der Waals surface area contributed by atoms with Crippen molar-refractivity contribution in [2.24, 2.45) is 23.7 Å². The standard InChI is InChI=1S/C18H18N2O4S/c1-2-24-11-5-6-12-13(8-11)25-18(19-12)20-16(21)14-9-3-4-10(7-9)15(14)17(22)23/h3-6,8-10,14-15H,2,7H2,1H3,(H,22,23)(H,19,20,21)/t9?,10?,14-,15+/m1/s1. The first-order valence-corrected chi connectivity index (χ1v) is 9.14. The van der Waals surface area contributed by atoms with Gasteiger partial charge in [-0.2, -0.15) is 0 Å². The third kappa shape index (κ3) is 2.78. The number of aliphatic carboxylic acids is 1. The number of hydrogen-bond acceptors (Lipinski definition) is 5. The molecule has 0 radical (unpaired) electrons. The quantitative estimate of drug-likeness (QED) is 0.802. The van der Waals surface area contributed by atoms with Crippen molar-refractivity contribution < 1.29 is 19.4 Å². The highest BCUT2D eigenvalue weighted by molar-refractivity contribution is 7.22. The van der Waals surface area contributed by atoms with Crippen LogP contribution in [0.25, 0.3) is 10.2 Å². The van der Waals surface area contributed by atoms with E-state index < -0.39 is 17.8 Å². The van der Waals surface area contributed by atoms with E-state index in [1.807, 2.05) is 37.3 Å². The van der Waals surface area contributed by atoms with Gasteiger partial charge < -0.3 is 15.2 Å². The summed E-state index contributed by atoms with van der Waals surface area (Å²) >= 11 is 1.37. The van der Waals surface area contributed by atoms with Crippen LogP contribution in [0.1, 0.15) is 13.3 Å². The van der Waals surface area contributed by atoms with Crippen LogP contribution in [-0.2, 0) is 9.59 Å². The summed E-state index contributed by atoms with van der Waals surface area (Å²) < 4.78 is 6.40. The number of ether oxygens (including phenoxy) is 1. The molecule has 0 spiro atoms. The molecule has 2 aliphatic rings. The minimum atomic E-state index is -0.900. The molecular weight excluding hydrogens is 340 g/mol. The van der Waals surface area contributed by atoms with E-state index in [9.17, 15) is 14.7 Å². The predicted molar refractivity (Wildman–Crippen MR) is 94.8 cm³/mol. The van der Waals surface area contributed by atoms with Crippen molar-refractivity contribution in [3.8, 4) is 5.75 Å². The Bertz CT molecular complexity index is 875. The summed E-state index contributed by atoms with van der Waals surface area (Å²) in [6.07, 6.45) is 4.65. The van der Waals surface area contributed by atoms with Gasteiger partial charge in [0.25, 0.3) is 0 Å². The molecule has 0 aliphatic heterocycles. The molecule has 1 heterocycles. The Kier molecular flexibility index (Phi) is 3.95. The Labute approximate surface area is 148 Å². The molecule has 2 aromatic rings. The Morgan fingerprint density at radius 3 is 2.80 bits per heavy atom. The molecular formula is C18H18N2O4S. The highest BCUT2D eigenvalue weighted by atomic mass is 32.1. The van der Waals surface area contributed by atoms with E-state index >= 15 is 0 Å². The first kappa shape index (κ1) is 16.1. The van der Waals surface area contributed by atoms with Crippen LogP contribution in [0.2, 0.25) is 0 Å². The van der Waals surface area contributed by atoms with Crippen molar-refractivity contribution in [1.82, 2.24) is 4.98 Å². The number of rotatable bonds is 5. The summed E-state index contributed by atoms with van der Waals surface area (Å²) in [5, 5.41) is 12.8. The fourth-order valence-corrected chi connectivity index (χ4v) is 4.82. The average molecular weight is 358 g/mol. The van der Waals surface area contributed by atoms with Crippen molar-refractivity contribution in [3.05, 3.63) is 30.4 Å². The number of aromatic nitrogens is 1. The SMILES string of the molecule is CCOc1ccc2nc(NC(=O)[C@@H]3C4C=CC(C4)[C@@H]3C(=O)O)sc2c1. The van der Waals surface area contributed by atoms with Gasteiger partial charge in [-0.25, -0.2) is 4.98 Å². The number of carboxylic acid groups (broad SMARTS) is 1. The first-order chi connectivity index (χ1) is 12.1. The molecule has 4 atom stereocenters. The minimum Gasteiger partial charge on any atom is -0.494 e. The molecule has 0 saturated heterocycles. The third-order valence-electron chi connectivity index (χ3n) is 4.95. The van der Waals surface area contributed by atoms with Crippen LogP contribution in [0.3, 0.4) is 0 Å².